The van der Waals surface area contributed by atoms with Crippen molar-refractivity contribution in [2.24, 2.45) is 0 Å². The van der Waals surface area contributed by atoms with Gasteiger partial charge in [-0.3, -0.25) is 9.78 Å². The van der Waals surface area contributed by atoms with Crippen molar-refractivity contribution in [2.45, 2.75) is 25.2 Å². The van der Waals surface area contributed by atoms with Gasteiger partial charge in [0, 0.05) is 24.8 Å². The molecule has 0 saturated carbocycles. The number of alkyl halides is 2. The molecule has 5 nitrogen and oxygen atoms in total. The fourth-order valence-corrected chi connectivity index (χ4v) is 2.12. The highest BCUT2D eigenvalue weighted by atomic mass is 19.3. The van der Waals surface area contributed by atoms with Crippen molar-refractivity contribution < 1.29 is 13.2 Å². The maximum absolute atomic E-state index is 13.3. The van der Waals surface area contributed by atoms with Crippen LogP contribution in [-0.4, -0.2) is 15.9 Å². The van der Waals surface area contributed by atoms with Crippen LogP contribution in [0.2, 0.25) is 0 Å². The van der Waals surface area contributed by atoms with Crippen LogP contribution < -0.4 is 11.3 Å². The SMILES string of the molecule is Nc1nc2c3c(oc2c(=O)[nH]1)CCC(F)(F)C3. The molecule has 0 radical (unpaired) electrons. The first-order valence-electron chi connectivity index (χ1n) is 5.14. The van der Waals surface area contributed by atoms with Crippen LogP contribution in [0.5, 0.6) is 0 Å². The Labute approximate surface area is 93.6 Å². The van der Waals surface area contributed by atoms with Gasteiger partial charge in [-0.25, -0.2) is 13.8 Å². The molecule has 0 saturated heterocycles. The molecule has 0 spiro atoms. The molecule has 0 bridgehead atoms. The smallest absolute Gasteiger partial charge is 0.295 e. The molecule has 3 N–H and O–H groups in total. The average Bonchev–Trinajstić information content (AvgIpc) is 2.55. The van der Waals surface area contributed by atoms with Gasteiger partial charge < -0.3 is 10.2 Å². The summed E-state index contributed by atoms with van der Waals surface area (Å²) in [4.78, 5) is 17.7. The Balaban J connectivity index is 2.32. The number of nitrogens with zero attached hydrogens (tertiary/aromatic N) is 1. The zero-order valence-electron chi connectivity index (χ0n) is 8.72. The van der Waals surface area contributed by atoms with Crippen molar-refractivity contribution in [3.63, 3.8) is 0 Å². The minimum absolute atomic E-state index is 0.0260. The first-order valence-corrected chi connectivity index (χ1v) is 5.14. The zero-order valence-corrected chi connectivity index (χ0v) is 8.72. The van der Waals surface area contributed by atoms with Crippen LogP contribution >= 0.6 is 0 Å². The van der Waals surface area contributed by atoms with Gasteiger partial charge in [0.1, 0.15) is 11.3 Å². The summed E-state index contributed by atoms with van der Waals surface area (Å²) >= 11 is 0. The normalized spacial score (nSPS) is 18.2. The number of nitrogens with two attached hydrogens (primary N) is 1. The predicted octanol–water partition coefficient (Wildman–Crippen LogP) is 1.22. The second kappa shape index (κ2) is 3.06. The molecule has 2 aromatic rings. The van der Waals surface area contributed by atoms with E-state index in [-0.39, 0.29) is 29.9 Å². The number of H-pyrrole nitrogens is 1. The standard InChI is InChI=1S/C10H9F2N3O2/c11-10(12)2-1-5-4(3-10)6-7(17-5)8(16)15-9(13)14-6/h1-3H2,(H3,13,14,15,16). The Morgan fingerprint density at radius 1 is 1.47 bits per heavy atom. The van der Waals surface area contributed by atoms with Crippen LogP contribution in [0.3, 0.4) is 0 Å². The molecule has 0 aromatic carbocycles. The maximum Gasteiger partial charge on any atom is 0.295 e. The van der Waals surface area contributed by atoms with Crippen molar-refractivity contribution in [1.29, 1.82) is 0 Å². The second-order valence-corrected chi connectivity index (χ2v) is 4.17. The number of anilines is 1. The molecule has 90 valence electrons. The summed E-state index contributed by atoms with van der Waals surface area (Å²) in [6, 6.07) is 0. The largest absolute Gasteiger partial charge is 0.453 e. The van der Waals surface area contributed by atoms with E-state index in [1.807, 2.05) is 0 Å². The van der Waals surface area contributed by atoms with Crippen LogP contribution in [0.4, 0.5) is 14.7 Å². The van der Waals surface area contributed by atoms with Crippen molar-refractivity contribution in [1.82, 2.24) is 9.97 Å². The van der Waals surface area contributed by atoms with Crippen LogP contribution in [-0.2, 0) is 12.8 Å². The first-order chi connectivity index (χ1) is 7.96. The number of hydrogen-bond acceptors (Lipinski definition) is 4. The van der Waals surface area contributed by atoms with E-state index in [1.165, 1.54) is 0 Å². The van der Waals surface area contributed by atoms with Crippen LogP contribution in [0.25, 0.3) is 11.1 Å². The summed E-state index contributed by atoms with van der Waals surface area (Å²) in [5.74, 6) is -2.46. The van der Waals surface area contributed by atoms with Gasteiger partial charge in [0.15, 0.2) is 0 Å². The number of aromatic nitrogens is 2. The lowest BCUT2D eigenvalue weighted by Crippen LogP contribution is -2.25. The Bertz CT molecular complexity index is 659. The number of aromatic amines is 1. The Hall–Kier alpha value is -1.92. The van der Waals surface area contributed by atoms with Gasteiger partial charge in [0.25, 0.3) is 11.5 Å². The Morgan fingerprint density at radius 2 is 2.24 bits per heavy atom. The molecule has 0 amide bonds. The summed E-state index contributed by atoms with van der Waals surface area (Å²) in [5, 5.41) is 0. The second-order valence-electron chi connectivity index (χ2n) is 4.17. The fourth-order valence-electron chi connectivity index (χ4n) is 2.12. The first kappa shape index (κ1) is 10.2. The van der Waals surface area contributed by atoms with E-state index < -0.39 is 17.9 Å². The molecule has 2 aromatic heterocycles. The maximum atomic E-state index is 13.3. The summed E-state index contributed by atoms with van der Waals surface area (Å²) < 4.78 is 31.9. The van der Waals surface area contributed by atoms with E-state index in [9.17, 15) is 13.6 Å². The number of rotatable bonds is 0. The average molecular weight is 241 g/mol. The van der Waals surface area contributed by atoms with E-state index in [4.69, 9.17) is 10.2 Å². The highest BCUT2D eigenvalue weighted by molar-refractivity contribution is 5.78. The minimum Gasteiger partial charge on any atom is -0.453 e. The van der Waals surface area contributed by atoms with E-state index >= 15 is 0 Å². The molecule has 2 heterocycles. The summed E-state index contributed by atoms with van der Waals surface area (Å²) in [6.07, 6.45) is -0.615. The predicted molar refractivity (Wildman–Crippen MR) is 56.0 cm³/mol. The molecular weight excluding hydrogens is 232 g/mol. The molecule has 7 heteroatoms. The van der Waals surface area contributed by atoms with E-state index in [0.29, 0.717) is 11.3 Å². The van der Waals surface area contributed by atoms with Crippen molar-refractivity contribution in [2.75, 3.05) is 5.73 Å². The van der Waals surface area contributed by atoms with Gasteiger partial charge in [-0.1, -0.05) is 0 Å². The number of aryl methyl sites for hydroxylation is 1. The number of nitrogen functional groups attached to an aromatic ring is 1. The van der Waals surface area contributed by atoms with Crippen molar-refractivity contribution in [3.05, 3.63) is 21.7 Å². The molecule has 3 rings (SSSR count). The lowest BCUT2D eigenvalue weighted by Gasteiger charge is -2.20. The molecule has 17 heavy (non-hydrogen) atoms. The number of nitrogens with one attached hydrogen (secondary N) is 1. The topological polar surface area (TPSA) is 84.9 Å². The third-order valence-corrected chi connectivity index (χ3v) is 2.90. The Kier molecular flexibility index (Phi) is 1.84. The monoisotopic (exact) mass is 241 g/mol. The lowest BCUT2D eigenvalue weighted by molar-refractivity contribution is -0.0140. The van der Waals surface area contributed by atoms with Gasteiger partial charge in [0.2, 0.25) is 11.5 Å². The summed E-state index contributed by atoms with van der Waals surface area (Å²) in [6.45, 7) is 0. The zero-order chi connectivity index (χ0) is 12.2. The van der Waals surface area contributed by atoms with Crippen LogP contribution in [0.15, 0.2) is 9.21 Å². The highest BCUT2D eigenvalue weighted by Gasteiger charge is 2.37. The summed E-state index contributed by atoms with van der Waals surface area (Å²) in [5.41, 5.74) is 5.28. The third kappa shape index (κ3) is 1.49. The molecular formula is C10H9F2N3O2. The number of hydrogen-bond donors (Lipinski definition) is 2. The van der Waals surface area contributed by atoms with E-state index in [2.05, 4.69) is 9.97 Å². The molecule has 0 aliphatic heterocycles. The van der Waals surface area contributed by atoms with Crippen LogP contribution in [0.1, 0.15) is 17.7 Å². The minimum atomic E-state index is -2.77. The number of furan rings is 1. The Morgan fingerprint density at radius 3 is 3.00 bits per heavy atom. The molecule has 0 unspecified atom stereocenters. The molecule has 1 aliphatic rings. The fraction of sp³-hybridized carbons (Fsp3) is 0.400. The van der Waals surface area contributed by atoms with Gasteiger partial charge in [-0.15, -0.1) is 0 Å². The van der Waals surface area contributed by atoms with E-state index in [0.717, 1.165) is 0 Å². The number of fused-ring (bicyclic) bond motifs is 3. The molecule has 0 atom stereocenters. The van der Waals surface area contributed by atoms with Gasteiger partial charge in [-0.2, -0.15) is 0 Å². The van der Waals surface area contributed by atoms with Crippen molar-refractivity contribution in [3.8, 4) is 0 Å². The lowest BCUT2D eigenvalue weighted by atomic mass is 9.94. The quantitative estimate of drug-likeness (QED) is 0.726. The third-order valence-electron chi connectivity index (χ3n) is 2.90. The highest BCUT2D eigenvalue weighted by Crippen LogP contribution is 2.37. The number of halogens is 2. The molecule has 0 fully saturated rings. The van der Waals surface area contributed by atoms with Crippen molar-refractivity contribution >= 4 is 17.0 Å². The van der Waals surface area contributed by atoms with Gasteiger partial charge >= 0.3 is 0 Å². The van der Waals surface area contributed by atoms with Crippen LogP contribution in [0, 0.1) is 0 Å². The van der Waals surface area contributed by atoms with Gasteiger partial charge in [-0.05, 0) is 0 Å². The van der Waals surface area contributed by atoms with E-state index in [1.54, 1.807) is 0 Å². The van der Waals surface area contributed by atoms with Gasteiger partial charge in [0.05, 0.1) is 0 Å². The summed E-state index contributed by atoms with van der Waals surface area (Å²) in [7, 11) is 0. The molecule has 1 aliphatic carbocycles.